The van der Waals surface area contributed by atoms with Gasteiger partial charge in [-0.3, -0.25) is 9.59 Å². The lowest BCUT2D eigenvalue weighted by Gasteiger charge is -2.26. The van der Waals surface area contributed by atoms with Crippen LogP contribution in [0.2, 0.25) is 0 Å². The lowest BCUT2D eigenvalue weighted by Crippen LogP contribution is -2.38. The molecule has 4 nitrogen and oxygen atoms in total. The number of benzene rings is 1. The van der Waals surface area contributed by atoms with Gasteiger partial charge in [0.15, 0.2) is 0 Å². The first-order chi connectivity index (χ1) is 9.99. The molecule has 0 saturated carbocycles. The van der Waals surface area contributed by atoms with Crippen LogP contribution in [0.15, 0.2) is 30.3 Å². The Bertz CT molecular complexity index is 498. The first kappa shape index (κ1) is 15.5. The van der Waals surface area contributed by atoms with Gasteiger partial charge in [0.1, 0.15) is 0 Å². The van der Waals surface area contributed by atoms with Crippen LogP contribution in [0.5, 0.6) is 0 Å². The summed E-state index contributed by atoms with van der Waals surface area (Å²) < 4.78 is 0. The number of hydrogen-bond donors (Lipinski definition) is 1. The largest absolute Gasteiger partial charge is 0.481 e. The summed E-state index contributed by atoms with van der Waals surface area (Å²) in [6.07, 6.45) is 1.28. The monoisotopic (exact) mass is 289 g/mol. The Kier molecular flexibility index (Phi) is 4.99. The molecule has 1 aliphatic heterocycles. The highest BCUT2D eigenvalue weighted by atomic mass is 16.4. The molecule has 1 aliphatic rings. The summed E-state index contributed by atoms with van der Waals surface area (Å²) >= 11 is 0. The van der Waals surface area contributed by atoms with Gasteiger partial charge in [0.2, 0.25) is 5.91 Å². The summed E-state index contributed by atoms with van der Waals surface area (Å²) in [5.41, 5.74) is 1.15. The molecule has 2 atom stereocenters. The molecule has 1 amide bonds. The van der Waals surface area contributed by atoms with E-state index in [0.717, 1.165) is 5.56 Å². The third kappa shape index (κ3) is 3.84. The molecule has 0 unspecified atom stereocenters. The highest BCUT2D eigenvalue weighted by Crippen LogP contribution is 2.24. The molecule has 1 fully saturated rings. The summed E-state index contributed by atoms with van der Waals surface area (Å²) in [7, 11) is 0. The molecule has 0 spiro atoms. The van der Waals surface area contributed by atoms with Gasteiger partial charge in [0, 0.05) is 19.0 Å². The van der Waals surface area contributed by atoms with Crippen LogP contribution in [0.3, 0.4) is 0 Å². The molecule has 2 rings (SSSR count). The smallest absolute Gasteiger partial charge is 0.308 e. The first-order valence-corrected chi connectivity index (χ1v) is 7.54. The molecule has 0 aromatic heterocycles. The summed E-state index contributed by atoms with van der Waals surface area (Å²) in [6, 6.07) is 9.99. The quantitative estimate of drug-likeness (QED) is 0.905. The average Bonchev–Trinajstić information content (AvgIpc) is 2.95. The second-order valence-electron chi connectivity index (χ2n) is 6.15. The van der Waals surface area contributed by atoms with Gasteiger partial charge in [-0.15, -0.1) is 0 Å². The summed E-state index contributed by atoms with van der Waals surface area (Å²) in [5.74, 6) is -0.952. The van der Waals surface area contributed by atoms with Crippen molar-refractivity contribution in [3.05, 3.63) is 35.9 Å². The lowest BCUT2D eigenvalue weighted by molar-refractivity contribution is -0.141. The van der Waals surface area contributed by atoms with Crippen LogP contribution >= 0.6 is 0 Å². The minimum absolute atomic E-state index is 0.0834. The SMILES string of the molecule is CC(C)[C@H](Cc1ccccc1)C(=O)N1CC[C@@H](C(=O)O)C1. The van der Waals surface area contributed by atoms with Gasteiger partial charge >= 0.3 is 5.97 Å². The van der Waals surface area contributed by atoms with Gasteiger partial charge in [-0.25, -0.2) is 0 Å². The number of carbonyl (C=O) groups excluding carboxylic acids is 1. The second kappa shape index (κ2) is 6.74. The number of rotatable bonds is 5. The standard InChI is InChI=1S/C17H23NO3/c1-12(2)15(10-13-6-4-3-5-7-13)16(19)18-9-8-14(11-18)17(20)21/h3-7,12,14-15H,8-11H2,1-2H3,(H,20,21)/t14-,15+/m1/s1. The maximum Gasteiger partial charge on any atom is 0.308 e. The minimum atomic E-state index is -0.797. The molecular formula is C17H23NO3. The molecule has 1 heterocycles. The normalized spacial score (nSPS) is 19.8. The van der Waals surface area contributed by atoms with Crippen molar-refractivity contribution in [1.82, 2.24) is 4.90 Å². The molecule has 0 bridgehead atoms. The molecule has 114 valence electrons. The molecule has 4 heteroatoms. The highest BCUT2D eigenvalue weighted by molar-refractivity contribution is 5.81. The van der Waals surface area contributed by atoms with Crippen LogP contribution in [-0.2, 0) is 16.0 Å². The van der Waals surface area contributed by atoms with Gasteiger partial charge in [-0.05, 0) is 24.3 Å². The number of carboxylic acid groups (broad SMARTS) is 1. The van der Waals surface area contributed by atoms with E-state index in [4.69, 9.17) is 5.11 Å². The van der Waals surface area contributed by atoms with E-state index < -0.39 is 11.9 Å². The van der Waals surface area contributed by atoms with E-state index >= 15 is 0 Å². The van der Waals surface area contributed by atoms with Crippen LogP contribution in [0, 0.1) is 17.8 Å². The van der Waals surface area contributed by atoms with Gasteiger partial charge < -0.3 is 10.0 Å². The first-order valence-electron chi connectivity index (χ1n) is 7.54. The van der Waals surface area contributed by atoms with Crippen molar-refractivity contribution >= 4 is 11.9 Å². The van der Waals surface area contributed by atoms with Crippen molar-refractivity contribution in [2.45, 2.75) is 26.7 Å². The fraction of sp³-hybridized carbons (Fsp3) is 0.529. The Hall–Kier alpha value is -1.84. The van der Waals surface area contributed by atoms with Gasteiger partial charge in [-0.1, -0.05) is 44.2 Å². The molecule has 1 aromatic rings. The number of aliphatic carboxylic acids is 1. The van der Waals surface area contributed by atoms with E-state index in [1.807, 2.05) is 30.3 Å². The Labute approximate surface area is 125 Å². The zero-order valence-corrected chi connectivity index (χ0v) is 12.7. The van der Waals surface area contributed by atoms with E-state index in [2.05, 4.69) is 13.8 Å². The molecule has 21 heavy (non-hydrogen) atoms. The summed E-state index contributed by atoms with van der Waals surface area (Å²) in [5, 5.41) is 9.06. The summed E-state index contributed by atoms with van der Waals surface area (Å²) in [6.45, 7) is 5.02. The van der Waals surface area contributed by atoms with E-state index in [9.17, 15) is 9.59 Å². The van der Waals surface area contributed by atoms with Crippen molar-refractivity contribution in [2.24, 2.45) is 17.8 Å². The van der Waals surface area contributed by atoms with E-state index in [1.165, 1.54) is 0 Å². The van der Waals surface area contributed by atoms with Gasteiger partial charge in [0.05, 0.1) is 5.92 Å². The molecule has 1 N–H and O–H groups in total. The zero-order valence-electron chi connectivity index (χ0n) is 12.7. The fourth-order valence-electron chi connectivity index (χ4n) is 2.87. The Balaban J connectivity index is 2.05. The van der Waals surface area contributed by atoms with Crippen molar-refractivity contribution in [1.29, 1.82) is 0 Å². The van der Waals surface area contributed by atoms with E-state index in [0.29, 0.717) is 25.9 Å². The number of amides is 1. The molecular weight excluding hydrogens is 266 g/mol. The molecule has 0 radical (unpaired) electrons. The Morgan fingerprint density at radius 1 is 1.29 bits per heavy atom. The number of hydrogen-bond acceptors (Lipinski definition) is 2. The predicted molar refractivity (Wildman–Crippen MR) is 80.8 cm³/mol. The maximum atomic E-state index is 12.7. The Morgan fingerprint density at radius 2 is 1.95 bits per heavy atom. The fourth-order valence-corrected chi connectivity index (χ4v) is 2.87. The number of nitrogens with zero attached hydrogens (tertiary/aromatic N) is 1. The predicted octanol–water partition coefficient (Wildman–Crippen LogP) is 2.43. The number of likely N-dealkylation sites (tertiary alicyclic amines) is 1. The van der Waals surface area contributed by atoms with Crippen LogP contribution in [0.1, 0.15) is 25.8 Å². The minimum Gasteiger partial charge on any atom is -0.481 e. The van der Waals surface area contributed by atoms with Crippen molar-refractivity contribution < 1.29 is 14.7 Å². The Morgan fingerprint density at radius 3 is 2.48 bits per heavy atom. The topological polar surface area (TPSA) is 57.6 Å². The third-order valence-corrected chi connectivity index (χ3v) is 4.27. The van der Waals surface area contributed by atoms with Crippen LogP contribution in [0.25, 0.3) is 0 Å². The second-order valence-corrected chi connectivity index (χ2v) is 6.15. The zero-order chi connectivity index (χ0) is 15.4. The summed E-state index contributed by atoms with van der Waals surface area (Å²) in [4.78, 5) is 25.4. The maximum absolute atomic E-state index is 12.7. The van der Waals surface area contributed by atoms with Crippen LogP contribution < -0.4 is 0 Å². The number of carboxylic acids is 1. The average molecular weight is 289 g/mol. The third-order valence-electron chi connectivity index (χ3n) is 4.27. The van der Waals surface area contributed by atoms with Gasteiger partial charge in [0.25, 0.3) is 0 Å². The van der Waals surface area contributed by atoms with Crippen molar-refractivity contribution in [3.8, 4) is 0 Å². The van der Waals surface area contributed by atoms with Crippen molar-refractivity contribution in [2.75, 3.05) is 13.1 Å². The number of carbonyl (C=O) groups is 2. The van der Waals surface area contributed by atoms with Crippen LogP contribution in [-0.4, -0.2) is 35.0 Å². The molecule has 1 saturated heterocycles. The van der Waals surface area contributed by atoms with Gasteiger partial charge in [-0.2, -0.15) is 0 Å². The highest BCUT2D eigenvalue weighted by Gasteiger charge is 2.34. The lowest BCUT2D eigenvalue weighted by atomic mass is 9.88. The molecule has 1 aromatic carbocycles. The van der Waals surface area contributed by atoms with E-state index in [-0.39, 0.29) is 17.7 Å². The van der Waals surface area contributed by atoms with Crippen molar-refractivity contribution in [3.63, 3.8) is 0 Å². The van der Waals surface area contributed by atoms with Crippen LogP contribution in [0.4, 0.5) is 0 Å². The van der Waals surface area contributed by atoms with E-state index in [1.54, 1.807) is 4.90 Å². The molecule has 0 aliphatic carbocycles.